The van der Waals surface area contributed by atoms with Crippen LogP contribution in [-0.2, 0) is 0 Å². The second kappa shape index (κ2) is 8.82. The van der Waals surface area contributed by atoms with Gasteiger partial charge in [-0.15, -0.1) is 0 Å². The molecule has 1 aliphatic rings. The predicted octanol–water partition coefficient (Wildman–Crippen LogP) is 3.82. The summed E-state index contributed by atoms with van der Waals surface area (Å²) in [7, 11) is 0. The second-order valence-electron chi connectivity index (χ2n) is 7.99. The molecule has 1 aromatic carbocycles. The maximum atomic E-state index is 13.8. The fourth-order valence-corrected chi connectivity index (χ4v) is 3.43. The van der Waals surface area contributed by atoms with Crippen LogP contribution in [0.15, 0.2) is 30.6 Å². The van der Waals surface area contributed by atoms with Crippen LogP contribution < -0.4 is 4.74 Å². The Morgan fingerprint density at radius 3 is 2.55 bits per heavy atom. The van der Waals surface area contributed by atoms with Gasteiger partial charge in [0.2, 0.25) is 5.88 Å². The molecule has 0 radical (unpaired) electrons. The number of rotatable bonds is 7. The van der Waals surface area contributed by atoms with Crippen LogP contribution in [0.2, 0.25) is 0 Å². The van der Waals surface area contributed by atoms with Crippen molar-refractivity contribution in [1.29, 1.82) is 0 Å². The maximum Gasteiger partial charge on any atom is 0.338 e. The highest BCUT2D eigenvalue weighted by Gasteiger charge is 2.25. The number of benzene rings is 1. The van der Waals surface area contributed by atoms with E-state index in [2.05, 4.69) is 14.9 Å². The lowest BCUT2D eigenvalue weighted by atomic mass is 9.97. The van der Waals surface area contributed by atoms with Crippen LogP contribution in [0.25, 0.3) is 11.3 Å². The molecular weight excluding hydrogens is 380 g/mol. The van der Waals surface area contributed by atoms with Gasteiger partial charge in [-0.2, -0.15) is 0 Å². The van der Waals surface area contributed by atoms with E-state index >= 15 is 0 Å². The van der Waals surface area contributed by atoms with Gasteiger partial charge in [-0.25, -0.2) is 23.5 Å². The van der Waals surface area contributed by atoms with Gasteiger partial charge in [-0.3, -0.25) is 0 Å². The van der Waals surface area contributed by atoms with Crippen molar-refractivity contribution in [3.05, 3.63) is 42.0 Å². The van der Waals surface area contributed by atoms with Crippen LogP contribution >= 0.6 is 0 Å². The lowest BCUT2D eigenvalue weighted by Gasteiger charge is -2.34. The number of nitrogens with zero attached hydrogens (tertiary/aromatic N) is 3. The standard InChI is InChI=1S/C21H25F2N3O3/c1-21(2,23)13-26-7-5-14(6-8-26)12-29-19-11-24-18(10-25-19)15-3-4-16(20(27)28)17(22)9-15/h3-4,9-11,14H,5-8,12-13H2,1-2H3,(H,27,28). The van der Waals surface area contributed by atoms with E-state index in [1.165, 1.54) is 24.5 Å². The van der Waals surface area contributed by atoms with E-state index in [1.54, 1.807) is 13.8 Å². The largest absolute Gasteiger partial charge is 0.478 e. The third-order valence-corrected chi connectivity index (χ3v) is 4.90. The fourth-order valence-electron chi connectivity index (χ4n) is 3.43. The quantitative estimate of drug-likeness (QED) is 0.755. The number of likely N-dealkylation sites (tertiary alicyclic amines) is 1. The molecule has 2 aromatic rings. The van der Waals surface area contributed by atoms with Crippen LogP contribution in [0, 0.1) is 11.7 Å². The summed E-state index contributed by atoms with van der Waals surface area (Å²) in [5.41, 5.74) is -0.704. The molecule has 3 rings (SSSR count). The SMILES string of the molecule is CC(C)(F)CN1CCC(COc2cnc(-c3ccc(C(=O)O)c(F)c3)cn2)CC1. The van der Waals surface area contributed by atoms with E-state index in [9.17, 15) is 13.6 Å². The Labute approximate surface area is 168 Å². The van der Waals surface area contributed by atoms with Crippen molar-refractivity contribution in [1.82, 2.24) is 14.9 Å². The first-order valence-corrected chi connectivity index (χ1v) is 9.60. The number of halogens is 2. The van der Waals surface area contributed by atoms with E-state index in [0.717, 1.165) is 32.0 Å². The van der Waals surface area contributed by atoms with Crippen LogP contribution in [0.5, 0.6) is 5.88 Å². The number of aromatic nitrogens is 2. The number of ether oxygens (including phenoxy) is 1. The van der Waals surface area contributed by atoms with Gasteiger partial charge in [0.1, 0.15) is 11.5 Å². The highest BCUT2D eigenvalue weighted by atomic mass is 19.1. The summed E-state index contributed by atoms with van der Waals surface area (Å²) in [6, 6.07) is 3.82. The maximum absolute atomic E-state index is 13.8. The van der Waals surface area contributed by atoms with Crippen LogP contribution in [-0.4, -0.2) is 57.9 Å². The number of alkyl halides is 1. The summed E-state index contributed by atoms with van der Waals surface area (Å²) in [6.45, 7) is 5.86. The molecule has 1 fully saturated rings. The zero-order valence-corrected chi connectivity index (χ0v) is 16.6. The monoisotopic (exact) mass is 405 g/mol. The Bertz CT molecular complexity index is 845. The minimum absolute atomic E-state index is 0.378. The number of aromatic carboxylic acids is 1. The summed E-state index contributed by atoms with van der Waals surface area (Å²) in [5.74, 6) is -1.38. The molecule has 2 heterocycles. The van der Waals surface area contributed by atoms with Gasteiger partial charge in [-0.1, -0.05) is 6.07 Å². The van der Waals surface area contributed by atoms with E-state index in [-0.39, 0.29) is 5.56 Å². The summed E-state index contributed by atoms with van der Waals surface area (Å²) in [6.07, 6.45) is 4.82. The molecule has 1 aromatic heterocycles. The van der Waals surface area contributed by atoms with Gasteiger partial charge in [0.15, 0.2) is 0 Å². The molecule has 1 saturated heterocycles. The first-order chi connectivity index (χ1) is 13.7. The minimum atomic E-state index is -1.32. The van der Waals surface area contributed by atoms with Crippen molar-refractivity contribution in [2.45, 2.75) is 32.4 Å². The Hall–Kier alpha value is -2.61. The van der Waals surface area contributed by atoms with Crippen molar-refractivity contribution in [3.63, 3.8) is 0 Å². The molecule has 0 saturated carbocycles. The summed E-state index contributed by atoms with van der Waals surface area (Å²) in [4.78, 5) is 21.5. The first-order valence-electron chi connectivity index (χ1n) is 9.60. The molecule has 0 spiro atoms. The first kappa shape index (κ1) is 21.1. The fraction of sp³-hybridized carbons (Fsp3) is 0.476. The van der Waals surface area contributed by atoms with Gasteiger partial charge < -0.3 is 14.7 Å². The molecule has 8 heteroatoms. The zero-order valence-electron chi connectivity index (χ0n) is 16.6. The molecule has 1 aliphatic heterocycles. The third kappa shape index (κ3) is 5.93. The van der Waals surface area contributed by atoms with Crippen LogP contribution in [0.3, 0.4) is 0 Å². The number of hydrogen-bond donors (Lipinski definition) is 1. The average molecular weight is 405 g/mol. The lowest BCUT2D eigenvalue weighted by Crippen LogP contribution is -2.41. The van der Waals surface area contributed by atoms with Crippen molar-refractivity contribution < 1.29 is 23.4 Å². The molecule has 0 amide bonds. The molecule has 0 aliphatic carbocycles. The Kier molecular flexibility index (Phi) is 6.42. The van der Waals surface area contributed by atoms with E-state index in [1.807, 2.05) is 0 Å². The Morgan fingerprint density at radius 2 is 2.00 bits per heavy atom. The number of hydrogen-bond acceptors (Lipinski definition) is 5. The number of carboxylic acid groups (broad SMARTS) is 1. The van der Waals surface area contributed by atoms with E-state index in [0.29, 0.717) is 36.2 Å². The zero-order chi connectivity index (χ0) is 21.0. The third-order valence-electron chi connectivity index (χ3n) is 4.90. The molecule has 0 atom stereocenters. The van der Waals surface area contributed by atoms with E-state index < -0.39 is 17.5 Å². The normalized spacial score (nSPS) is 16.0. The smallest absolute Gasteiger partial charge is 0.338 e. The average Bonchev–Trinajstić information content (AvgIpc) is 2.66. The molecule has 1 N–H and O–H groups in total. The number of carboxylic acids is 1. The Balaban J connectivity index is 1.51. The van der Waals surface area contributed by atoms with Gasteiger partial charge >= 0.3 is 5.97 Å². The minimum Gasteiger partial charge on any atom is -0.478 e. The second-order valence-corrected chi connectivity index (χ2v) is 7.99. The highest BCUT2D eigenvalue weighted by Crippen LogP contribution is 2.23. The van der Waals surface area contributed by atoms with Gasteiger partial charge in [0.25, 0.3) is 0 Å². The topological polar surface area (TPSA) is 75.5 Å². The van der Waals surface area contributed by atoms with Crippen molar-refractivity contribution in [3.8, 4) is 17.1 Å². The van der Waals surface area contributed by atoms with Crippen molar-refractivity contribution in [2.24, 2.45) is 5.92 Å². The highest BCUT2D eigenvalue weighted by molar-refractivity contribution is 5.88. The molecule has 29 heavy (non-hydrogen) atoms. The van der Waals surface area contributed by atoms with Gasteiger partial charge in [-0.05, 0) is 57.8 Å². The van der Waals surface area contributed by atoms with Gasteiger partial charge in [0.05, 0.1) is 30.3 Å². The molecule has 0 unspecified atom stereocenters. The van der Waals surface area contributed by atoms with Crippen LogP contribution in [0.1, 0.15) is 37.0 Å². The molecule has 0 bridgehead atoms. The predicted molar refractivity (Wildman–Crippen MR) is 104 cm³/mol. The van der Waals surface area contributed by atoms with Crippen molar-refractivity contribution in [2.75, 3.05) is 26.2 Å². The summed E-state index contributed by atoms with van der Waals surface area (Å²) >= 11 is 0. The van der Waals surface area contributed by atoms with Crippen molar-refractivity contribution >= 4 is 5.97 Å². The number of carbonyl (C=O) groups is 1. The van der Waals surface area contributed by atoms with Crippen LogP contribution in [0.4, 0.5) is 8.78 Å². The summed E-state index contributed by atoms with van der Waals surface area (Å²) < 4.78 is 33.3. The Morgan fingerprint density at radius 1 is 1.28 bits per heavy atom. The lowest BCUT2D eigenvalue weighted by molar-refractivity contribution is 0.0691. The molecular formula is C21H25F2N3O3. The van der Waals surface area contributed by atoms with Gasteiger partial charge in [0, 0.05) is 12.1 Å². The molecule has 6 nitrogen and oxygen atoms in total. The number of piperidine rings is 1. The summed E-state index contributed by atoms with van der Waals surface area (Å²) in [5, 5.41) is 8.89. The molecule has 156 valence electrons. The van der Waals surface area contributed by atoms with E-state index in [4.69, 9.17) is 9.84 Å².